The van der Waals surface area contributed by atoms with E-state index in [-0.39, 0.29) is 25.1 Å². The molecule has 0 aromatic carbocycles. The molecule has 0 atom stereocenters. The number of hydrogen-bond acceptors (Lipinski definition) is 7. The lowest BCUT2D eigenvalue weighted by Gasteiger charge is -2.08. The molecule has 0 spiro atoms. The topological polar surface area (TPSA) is 171 Å². The molecule has 0 saturated carbocycles. The molecular formula is C13H16N8O2S. The lowest BCUT2D eigenvalue weighted by Crippen LogP contribution is -2.38. The van der Waals surface area contributed by atoms with Gasteiger partial charge in [0.2, 0.25) is 17.3 Å². The van der Waals surface area contributed by atoms with Crippen molar-refractivity contribution in [2.45, 2.75) is 6.54 Å². The summed E-state index contributed by atoms with van der Waals surface area (Å²) in [5.74, 6) is 1.40. The number of aliphatic hydroxyl groups excluding tert-OH is 1. The Kier molecular flexibility index (Phi) is 6.12. The predicted molar refractivity (Wildman–Crippen MR) is 90.3 cm³/mol. The largest absolute Gasteiger partial charge is 0.458 e. The van der Waals surface area contributed by atoms with E-state index < -0.39 is 0 Å². The Morgan fingerprint density at radius 3 is 2.96 bits per heavy atom. The van der Waals surface area contributed by atoms with Crippen molar-refractivity contribution in [1.82, 2.24) is 15.6 Å². The third-order valence-corrected chi connectivity index (χ3v) is 3.36. The van der Waals surface area contributed by atoms with Crippen molar-refractivity contribution in [3.63, 3.8) is 0 Å². The molecule has 0 fully saturated rings. The van der Waals surface area contributed by atoms with Crippen LogP contribution < -0.4 is 22.1 Å². The van der Waals surface area contributed by atoms with E-state index in [1.54, 1.807) is 23.7 Å². The molecule has 0 radical (unpaired) electrons. The third-order valence-electron chi connectivity index (χ3n) is 2.63. The number of hydrogen-bond donors (Lipinski definition) is 5. The fourth-order valence-electron chi connectivity index (χ4n) is 1.69. The van der Waals surface area contributed by atoms with Gasteiger partial charge in [0.05, 0.1) is 13.2 Å². The van der Waals surface area contributed by atoms with Crippen molar-refractivity contribution < 1.29 is 9.52 Å². The fraction of sp³-hybridized carbons (Fsp3) is 0.231. The second-order valence-electron chi connectivity index (χ2n) is 4.38. The zero-order chi connectivity index (χ0) is 17.4. The number of nitriles is 1. The number of nitrogens with zero attached hydrogens (tertiary/aromatic N) is 4. The molecule has 0 unspecified atom stereocenters. The maximum absolute atomic E-state index is 8.78. The third kappa shape index (κ3) is 4.97. The molecule has 0 bridgehead atoms. The second-order valence-corrected chi connectivity index (χ2v) is 5.22. The SMILES string of the molecule is N#C/N=C(/NCCO)NCc1ccc(-c2csc(N=C(N)N)n2)o1. The van der Waals surface area contributed by atoms with Gasteiger partial charge in [-0.3, -0.25) is 0 Å². The van der Waals surface area contributed by atoms with Crippen LogP contribution in [0.4, 0.5) is 5.13 Å². The number of nitrogens with two attached hydrogens (primary N) is 2. The van der Waals surface area contributed by atoms with E-state index in [1.165, 1.54) is 11.3 Å². The Bertz CT molecular complexity index is 769. The van der Waals surface area contributed by atoms with Gasteiger partial charge in [-0.05, 0) is 12.1 Å². The number of guanidine groups is 2. The number of aliphatic imine (C=N–C) groups is 2. The molecule has 11 heteroatoms. The van der Waals surface area contributed by atoms with E-state index >= 15 is 0 Å². The summed E-state index contributed by atoms with van der Waals surface area (Å²) in [6.07, 6.45) is 1.67. The van der Waals surface area contributed by atoms with E-state index in [1.807, 2.05) is 0 Å². The summed E-state index contributed by atoms with van der Waals surface area (Å²) in [5.41, 5.74) is 11.2. The first-order chi connectivity index (χ1) is 11.6. The van der Waals surface area contributed by atoms with Gasteiger partial charge in [-0.1, -0.05) is 0 Å². The lowest BCUT2D eigenvalue weighted by atomic mass is 10.3. The van der Waals surface area contributed by atoms with E-state index in [0.29, 0.717) is 28.9 Å². The van der Waals surface area contributed by atoms with Gasteiger partial charge in [0, 0.05) is 11.9 Å². The normalized spacial score (nSPS) is 10.9. The first kappa shape index (κ1) is 17.3. The molecule has 7 N–H and O–H groups in total. The van der Waals surface area contributed by atoms with Crippen LogP contribution >= 0.6 is 11.3 Å². The summed E-state index contributed by atoms with van der Waals surface area (Å²) < 4.78 is 5.68. The minimum absolute atomic E-state index is 0.0556. The average molecular weight is 348 g/mol. The summed E-state index contributed by atoms with van der Waals surface area (Å²) in [6, 6.07) is 3.55. The van der Waals surface area contributed by atoms with Crippen molar-refractivity contribution in [2.75, 3.05) is 13.2 Å². The van der Waals surface area contributed by atoms with Crippen molar-refractivity contribution in [1.29, 1.82) is 5.26 Å². The average Bonchev–Trinajstić information content (AvgIpc) is 3.18. The zero-order valence-electron chi connectivity index (χ0n) is 12.6. The van der Waals surface area contributed by atoms with E-state index in [2.05, 4.69) is 25.6 Å². The van der Waals surface area contributed by atoms with Crippen LogP contribution in [0, 0.1) is 11.5 Å². The van der Waals surface area contributed by atoms with Crippen LogP contribution in [0.2, 0.25) is 0 Å². The molecule has 0 aliphatic heterocycles. The van der Waals surface area contributed by atoms with Gasteiger partial charge < -0.3 is 31.6 Å². The Morgan fingerprint density at radius 2 is 2.25 bits per heavy atom. The first-order valence-corrected chi connectivity index (χ1v) is 7.70. The summed E-state index contributed by atoms with van der Waals surface area (Å²) >= 11 is 1.29. The van der Waals surface area contributed by atoms with E-state index in [4.69, 9.17) is 26.3 Å². The number of aliphatic hydroxyl groups is 1. The smallest absolute Gasteiger partial charge is 0.212 e. The molecule has 2 aromatic rings. The van der Waals surface area contributed by atoms with Crippen LogP contribution in [0.25, 0.3) is 11.5 Å². The molecule has 126 valence electrons. The highest BCUT2D eigenvalue weighted by Gasteiger charge is 2.09. The number of aromatic nitrogens is 1. The molecule has 0 aliphatic rings. The van der Waals surface area contributed by atoms with Crippen molar-refractivity contribution in [2.24, 2.45) is 21.5 Å². The number of thiazole rings is 1. The maximum Gasteiger partial charge on any atom is 0.212 e. The molecule has 0 aliphatic carbocycles. The molecule has 2 heterocycles. The fourth-order valence-corrected chi connectivity index (χ4v) is 2.38. The van der Waals surface area contributed by atoms with Crippen LogP contribution in [-0.4, -0.2) is 35.2 Å². The van der Waals surface area contributed by atoms with Gasteiger partial charge in [-0.25, -0.2) is 4.98 Å². The molecule has 0 saturated heterocycles. The minimum Gasteiger partial charge on any atom is -0.458 e. The van der Waals surface area contributed by atoms with Crippen LogP contribution in [0.5, 0.6) is 0 Å². The molecule has 2 rings (SSSR count). The summed E-state index contributed by atoms with van der Waals surface area (Å²) in [7, 11) is 0. The van der Waals surface area contributed by atoms with Gasteiger partial charge in [-0.2, -0.15) is 10.3 Å². The monoisotopic (exact) mass is 348 g/mol. The van der Waals surface area contributed by atoms with Crippen LogP contribution in [0.3, 0.4) is 0 Å². The standard InChI is InChI=1S/C13H16N8O2S/c14-7-19-12(17-3-4-22)18-5-8-1-2-10(23-8)9-6-24-13(20-9)21-11(15)16/h1-2,6,22H,3-5H2,(H2,17,18,19)(H4,15,16,20,21). The highest BCUT2D eigenvalue weighted by molar-refractivity contribution is 7.13. The molecule has 24 heavy (non-hydrogen) atoms. The number of rotatable bonds is 6. The molecule has 10 nitrogen and oxygen atoms in total. The number of furan rings is 1. The molecular weight excluding hydrogens is 332 g/mol. The van der Waals surface area contributed by atoms with Gasteiger partial charge in [0.1, 0.15) is 11.5 Å². The predicted octanol–water partition coefficient (Wildman–Crippen LogP) is -0.183. The summed E-state index contributed by atoms with van der Waals surface area (Å²) in [4.78, 5) is 11.7. The quantitative estimate of drug-likeness (QED) is 0.272. The Labute approximate surface area is 141 Å². The Morgan fingerprint density at radius 1 is 1.42 bits per heavy atom. The first-order valence-electron chi connectivity index (χ1n) is 6.82. The highest BCUT2D eigenvalue weighted by atomic mass is 32.1. The van der Waals surface area contributed by atoms with Crippen LogP contribution in [0.1, 0.15) is 5.76 Å². The second kappa shape index (κ2) is 8.51. The maximum atomic E-state index is 8.78. The van der Waals surface area contributed by atoms with E-state index in [9.17, 15) is 0 Å². The van der Waals surface area contributed by atoms with Gasteiger partial charge >= 0.3 is 0 Å². The van der Waals surface area contributed by atoms with Crippen LogP contribution in [-0.2, 0) is 6.54 Å². The molecule has 0 amide bonds. The van der Waals surface area contributed by atoms with E-state index in [0.717, 1.165) is 0 Å². The van der Waals surface area contributed by atoms with Gasteiger partial charge in [0.15, 0.2) is 11.7 Å². The number of nitrogens with one attached hydrogen (secondary N) is 2. The minimum atomic E-state index is -0.0705. The Balaban J connectivity index is 2.00. The van der Waals surface area contributed by atoms with Crippen LogP contribution in [0.15, 0.2) is 31.9 Å². The van der Waals surface area contributed by atoms with Crippen molar-refractivity contribution in [3.8, 4) is 17.6 Å². The lowest BCUT2D eigenvalue weighted by molar-refractivity contribution is 0.300. The van der Waals surface area contributed by atoms with Gasteiger partial charge in [0.25, 0.3) is 0 Å². The van der Waals surface area contributed by atoms with Gasteiger partial charge in [-0.15, -0.1) is 16.3 Å². The zero-order valence-corrected chi connectivity index (χ0v) is 13.4. The van der Waals surface area contributed by atoms with Crippen molar-refractivity contribution >= 4 is 28.4 Å². The van der Waals surface area contributed by atoms with Crippen molar-refractivity contribution in [3.05, 3.63) is 23.3 Å². The highest BCUT2D eigenvalue weighted by Crippen LogP contribution is 2.27. The summed E-state index contributed by atoms with van der Waals surface area (Å²) in [6.45, 7) is 0.520. The Hall–Kier alpha value is -3.10. The molecule has 2 aromatic heterocycles. The summed E-state index contributed by atoms with van der Waals surface area (Å²) in [5, 5.41) is 25.3.